The van der Waals surface area contributed by atoms with Crippen molar-refractivity contribution < 1.29 is 9.59 Å². The van der Waals surface area contributed by atoms with Crippen LogP contribution in [0.25, 0.3) is 0 Å². The molecule has 168 valence electrons. The lowest BCUT2D eigenvalue weighted by Gasteiger charge is -2.52. The van der Waals surface area contributed by atoms with Crippen molar-refractivity contribution in [2.75, 3.05) is 38.1 Å². The molecule has 0 unspecified atom stereocenters. The Morgan fingerprint density at radius 3 is 2.84 bits per heavy atom. The summed E-state index contributed by atoms with van der Waals surface area (Å²) in [5, 5.41) is 0. The molecule has 5 heterocycles. The van der Waals surface area contributed by atoms with Gasteiger partial charge < -0.3 is 14.7 Å². The molecule has 2 aromatic rings. The fourth-order valence-electron chi connectivity index (χ4n) is 5.65. The molecule has 2 bridgehead atoms. The Bertz CT molecular complexity index is 964. The molecule has 7 heteroatoms. The molecule has 3 atom stereocenters. The van der Waals surface area contributed by atoms with Gasteiger partial charge in [0.15, 0.2) is 0 Å². The first-order valence-electron chi connectivity index (χ1n) is 11.7. The normalized spacial score (nSPS) is 24.8. The first-order chi connectivity index (χ1) is 15.6. The number of carbonyl (C=O) groups is 2. The lowest BCUT2D eigenvalue weighted by Crippen LogP contribution is -2.60. The van der Waals surface area contributed by atoms with E-state index in [1.54, 1.807) is 17.3 Å². The molecule has 3 fully saturated rings. The van der Waals surface area contributed by atoms with Gasteiger partial charge in [-0.15, -0.1) is 0 Å². The van der Waals surface area contributed by atoms with E-state index in [0.29, 0.717) is 42.3 Å². The summed E-state index contributed by atoms with van der Waals surface area (Å²) >= 11 is 0. The number of amides is 2. The Balaban J connectivity index is 1.21. The van der Waals surface area contributed by atoms with Gasteiger partial charge in [0.2, 0.25) is 5.91 Å². The second-order valence-corrected chi connectivity index (χ2v) is 9.48. The van der Waals surface area contributed by atoms with Crippen molar-refractivity contribution in [2.24, 2.45) is 11.8 Å². The van der Waals surface area contributed by atoms with Crippen LogP contribution >= 0.6 is 0 Å². The number of aromatic nitrogens is 2. The van der Waals surface area contributed by atoms with Gasteiger partial charge in [-0.25, -0.2) is 4.98 Å². The molecule has 5 rings (SSSR count). The van der Waals surface area contributed by atoms with Crippen LogP contribution in [0, 0.1) is 11.8 Å². The van der Waals surface area contributed by atoms with Gasteiger partial charge in [0.25, 0.3) is 5.91 Å². The highest BCUT2D eigenvalue weighted by Crippen LogP contribution is 2.38. The number of hydrogen-bond donors (Lipinski definition) is 0. The lowest BCUT2D eigenvalue weighted by molar-refractivity contribution is -0.142. The Morgan fingerprint density at radius 2 is 2.06 bits per heavy atom. The van der Waals surface area contributed by atoms with Crippen LogP contribution in [0.1, 0.15) is 41.7 Å². The minimum absolute atomic E-state index is 0.0214. The lowest BCUT2D eigenvalue weighted by atomic mass is 9.76. The van der Waals surface area contributed by atoms with Gasteiger partial charge in [0.1, 0.15) is 5.82 Å². The number of piperidine rings is 3. The molecule has 2 amide bonds. The third kappa shape index (κ3) is 4.20. The summed E-state index contributed by atoms with van der Waals surface area (Å²) in [6.45, 7) is 3.37. The fourth-order valence-corrected chi connectivity index (χ4v) is 5.65. The molecule has 3 aliphatic rings. The van der Waals surface area contributed by atoms with Crippen LogP contribution in [-0.4, -0.2) is 70.9 Å². The minimum Gasteiger partial charge on any atom is -0.356 e. The average molecular weight is 434 g/mol. The predicted molar refractivity (Wildman–Crippen MR) is 122 cm³/mol. The molecule has 7 nitrogen and oxygen atoms in total. The quantitative estimate of drug-likeness (QED) is 0.725. The molecule has 0 saturated carbocycles. The van der Waals surface area contributed by atoms with Crippen LogP contribution in [0.4, 0.5) is 5.82 Å². The summed E-state index contributed by atoms with van der Waals surface area (Å²) in [5.41, 5.74) is 1.59. The van der Waals surface area contributed by atoms with E-state index in [1.807, 2.05) is 37.4 Å². The van der Waals surface area contributed by atoms with E-state index in [4.69, 9.17) is 0 Å². The SMILES string of the molecule is CN(CCc1ccccn1)C(=O)c1ccc(N2C[C@H]3C[C@H](C2)[C@H]2CCCC(=O)N2C3)nc1. The van der Waals surface area contributed by atoms with Gasteiger partial charge in [-0.05, 0) is 55.4 Å². The summed E-state index contributed by atoms with van der Waals surface area (Å²) in [7, 11) is 1.82. The van der Waals surface area contributed by atoms with Crippen LogP contribution in [0.15, 0.2) is 42.7 Å². The number of hydrogen-bond acceptors (Lipinski definition) is 5. The number of fused-ring (bicyclic) bond motifs is 4. The smallest absolute Gasteiger partial charge is 0.255 e. The van der Waals surface area contributed by atoms with Crippen molar-refractivity contribution in [2.45, 2.75) is 38.1 Å². The zero-order valence-electron chi connectivity index (χ0n) is 18.7. The van der Waals surface area contributed by atoms with Crippen molar-refractivity contribution in [3.05, 3.63) is 54.0 Å². The Hall–Kier alpha value is -2.96. The van der Waals surface area contributed by atoms with E-state index in [2.05, 4.69) is 19.8 Å². The molecule has 3 aliphatic heterocycles. The molecule has 2 aromatic heterocycles. The minimum atomic E-state index is -0.0214. The summed E-state index contributed by atoms with van der Waals surface area (Å²) < 4.78 is 0. The molecule has 0 radical (unpaired) electrons. The van der Waals surface area contributed by atoms with E-state index in [1.165, 1.54) is 6.42 Å². The number of carbonyl (C=O) groups excluding carboxylic acids is 2. The molecule has 0 aliphatic carbocycles. The van der Waals surface area contributed by atoms with Crippen LogP contribution in [-0.2, 0) is 11.2 Å². The topological polar surface area (TPSA) is 69.6 Å². The zero-order chi connectivity index (χ0) is 22.1. The van der Waals surface area contributed by atoms with E-state index >= 15 is 0 Å². The highest BCUT2D eigenvalue weighted by molar-refractivity contribution is 5.93. The number of pyridine rings is 2. The monoisotopic (exact) mass is 433 g/mol. The molecule has 3 saturated heterocycles. The van der Waals surface area contributed by atoms with Gasteiger partial charge >= 0.3 is 0 Å². The van der Waals surface area contributed by atoms with Crippen LogP contribution < -0.4 is 4.90 Å². The second kappa shape index (κ2) is 8.88. The maximum atomic E-state index is 12.8. The first kappa shape index (κ1) is 20.9. The van der Waals surface area contributed by atoms with Crippen molar-refractivity contribution in [1.29, 1.82) is 0 Å². The van der Waals surface area contributed by atoms with Crippen molar-refractivity contribution >= 4 is 17.6 Å². The number of anilines is 1. The Labute approximate surface area is 189 Å². The van der Waals surface area contributed by atoms with Gasteiger partial charge in [0, 0.05) is 70.2 Å². The largest absolute Gasteiger partial charge is 0.356 e. The number of rotatable bonds is 5. The van der Waals surface area contributed by atoms with E-state index < -0.39 is 0 Å². The third-order valence-corrected chi connectivity index (χ3v) is 7.27. The zero-order valence-corrected chi connectivity index (χ0v) is 18.7. The fraction of sp³-hybridized carbons (Fsp3) is 0.520. The molecule has 32 heavy (non-hydrogen) atoms. The number of nitrogens with zero attached hydrogens (tertiary/aromatic N) is 5. The van der Waals surface area contributed by atoms with E-state index in [-0.39, 0.29) is 5.91 Å². The number of likely N-dealkylation sites (N-methyl/N-ethyl adjacent to an activating group) is 1. The van der Waals surface area contributed by atoms with Crippen LogP contribution in [0.3, 0.4) is 0 Å². The summed E-state index contributed by atoms with van der Waals surface area (Å²) in [6.07, 6.45) is 8.28. The van der Waals surface area contributed by atoms with Crippen molar-refractivity contribution in [1.82, 2.24) is 19.8 Å². The molecular weight excluding hydrogens is 402 g/mol. The highest BCUT2D eigenvalue weighted by atomic mass is 16.2. The predicted octanol–water partition coefficient (Wildman–Crippen LogP) is 2.63. The third-order valence-electron chi connectivity index (χ3n) is 7.27. The average Bonchev–Trinajstić information content (AvgIpc) is 2.83. The first-order valence-corrected chi connectivity index (χ1v) is 11.7. The van der Waals surface area contributed by atoms with Crippen LogP contribution in [0.5, 0.6) is 0 Å². The maximum absolute atomic E-state index is 12.8. The molecule has 0 spiro atoms. The van der Waals surface area contributed by atoms with Crippen molar-refractivity contribution in [3.63, 3.8) is 0 Å². The van der Waals surface area contributed by atoms with E-state index in [9.17, 15) is 9.59 Å². The molecular formula is C25H31N5O2. The van der Waals surface area contributed by atoms with Gasteiger partial charge in [0.05, 0.1) is 5.56 Å². The standard InChI is InChI=1S/C25H31N5O2/c1-28(12-10-21-5-2-3-11-26-21)25(32)19-8-9-23(27-14-19)29-15-18-13-20(17-29)22-6-4-7-24(31)30(22)16-18/h2-3,5,8-9,11,14,18,20,22H,4,6-7,10,12-13,15-17H2,1H3/t18-,20-,22-/m1/s1. The Morgan fingerprint density at radius 1 is 1.16 bits per heavy atom. The maximum Gasteiger partial charge on any atom is 0.255 e. The van der Waals surface area contributed by atoms with E-state index in [0.717, 1.165) is 50.4 Å². The van der Waals surface area contributed by atoms with Gasteiger partial charge in [-0.1, -0.05) is 6.07 Å². The summed E-state index contributed by atoms with van der Waals surface area (Å²) in [5.74, 6) is 2.29. The summed E-state index contributed by atoms with van der Waals surface area (Å²) in [4.78, 5) is 40.4. The molecule has 0 N–H and O–H groups in total. The van der Waals surface area contributed by atoms with Gasteiger partial charge in [-0.3, -0.25) is 14.6 Å². The van der Waals surface area contributed by atoms with Crippen LogP contribution in [0.2, 0.25) is 0 Å². The Kier molecular flexibility index (Phi) is 5.81. The highest BCUT2D eigenvalue weighted by Gasteiger charge is 2.44. The summed E-state index contributed by atoms with van der Waals surface area (Å²) in [6, 6.07) is 10.1. The second-order valence-electron chi connectivity index (χ2n) is 9.48. The molecule has 0 aromatic carbocycles. The van der Waals surface area contributed by atoms with Crippen molar-refractivity contribution in [3.8, 4) is 0 Å². The van der Waals surface area contributed by atoms with Gasteiger partial charge in [-0.2, -0.15) is 0 Å².